The molecule has 3 aromatic heterocycles. The molecule has 0 bridgehead atoms. The zero-order valence-electron chi connectivity index (χ0n) is 20.9. The van der Waals surface area contributed by atoms with Gasteiger partial charge in [-0.2, -0.15) is 5.10 Å². The molecule has 1 aromatic carbocycles. The second kappa shape index (κ2) is 9.89. The molecule has 3 heterocycles. The smallest absolute Gasteiger partial charge is 0.135 e. The highest BCUT2D eigenvalue weighted by Crippen LogP contribution is 2.42. The van der Waals surface area contributed by atoms with Crippen molar-refractivity contribution in [3.8, 4) is 11.3 Å². The van der Waals surface area contributed by atoms with Crippen molar-refractivity contribution in [1.29, 1.82) is 0 Å². The number of aliphatic hydroxyl groups excluding tert-OH is 1. The molecular formula is C28H31F2N5O2. The molecule has 5 rings (SSSR count). The average Bonchev–Trinajstić information content (AvgIpc) is 3.25. The maximum absolute atomic E-state index is 14.8. The van der Waals surface area contributed by atoms with Crippen LogP contribution < -0.4 is 5.73 Å². The molecular weight excluding hydrogens is 476 g/mol. The van der Waals surface area contributed by atoms with E-state index in [0.29, 0.717) is 29.7 Å². The van der Waals surface area contributed by atoms with Crippen LogP contribution in [0, 0.1) is 17.6 Å². The number of benzene rings is 1. The van der Waals surface area contributed by atoms with Crippen LogP contribution in [0.4, 0.5) is 8.78 Å². The molecule has 1 saturated carbocycles. The van der Waals surface area contributed by atoms with Crippen LogP contribution in [0.2, 0.25) is 0 Å². The van der Waals surface area contributed by atoms with E-state index in [1.165, 1.54) is 12.1 Å². The number of pyridine rings is 1. The number of nitrogens with zero attached hydrogens (tertiary/aromatic N) is 4. The number of aliphatic hydroxyl groups is 2. The van der Waals surface area contributed by atoms with Gasteiger partial charge in [0.15, 0.2) is 0 Å². The third kappa shape index (κ3) is 4.74. The monoisotopic (exact) mass is 507 g/mol. The van der Waals surface area contributed by atoms with E-state index >= 15 is 0 Å². The molecule has 1 aliphatic rings. The van der Waals surface area contributed by atoms with Crippen molar-refractivity contribution in [2.45, 2.75) is 57.1 Å². The minimum atomic E-state index is -0.913. The number of nitrogens with two attached hydrogens (primary N) is 1. The lowest BCUT2D eigenvalue weighted by Crippen LogP contribution is -2.54. The summed E-state index contributed by atoms with van der Waals surface area (Å²) >= 11 is 0. The van der Waals surface area contributed by atoms with E-state index in [-0.39, 0.29) is 42.2 Å². The Morgan fingerprint density at radius 2 is 1.89 bits per heavy atom. The van der Waals surface area contributed by atoms with Crippen molar-refractivity contribution >= 4 is 5.52 Å². The first kappa shape index (κ1) is 25.4. The summed E-state index contributed by atoms with van der Waals surface area (Å²) < 4.78 is 31.3. The highest BCUT2D eigenvalue weighted by Gasteiger charge is 2.42. The molecule has 0 spiro atoms. The average molecular weight is 508 g/mol. The molecule has 9 heteroatoms. The van der Waals surface area contributed by atoms with Gasteiger partial charge in [-0.15, -0.1) is 0 Å². The molecule has 1 fully saturated rings. The molecule has 4 aromatic rings. The first-order valence-corrected chi connectivity index (χ1v) is 12.5. The number of hydrogen-bond acceptors (Lipinski definition) is 6. The maximum Gasteiger partial charge on any atom is 0.135 e. The molecule has 0 amide bonds. The first-order valence-electron chi connectivity index (χ1n) is 12.5. The Kier molecular flexibility index (Phi) is 6.78. The molecule has 7 nitrogen and oxygen atoms in total. The molecule has 194 valence electrons. The fourth-order valence-electron chi connectivity index (χ4n) is 5.41. The summed E-state index contributed by atoms with van der Waals surface area (Å²) in [6, 6.07) is 7.40. The van der Waals surface area contributed by atoms with Crippen molar-refractivity contribution in [2.75, 3.05) is 6.61 Å². The van der Waals surface area contributed by atoms with Gasteiger partial charge < -0.3 is 15.9 Å². The third-order valence-electron chi connectivity index (χ3n) is 7.87. The largest absolute Gasteiger partial charge is 0.396 e. The van der Waals surface area contributed by atoms with Crippen LogP contribution >= 0.6 is 0 Å². The Balaban J connectivity index is 1.49. The standard InChI is InChI=1S/C28H31F2N5O2/c1-16-9-18(12-25(31)28(16,2)37)21-5-7-32-14-19(21)13-26-33-15-20-3-4-24(34-35(20)26)27-22(29)10-17(6-8-36)11-23(27)30/h3-5,7,10-11,14-16,18,25,36-37H,6,8-9,12-13,31H2,1-2H3/t16-,18+,25+,28+/m0/s1. The normalized spacial score (nSPS) is 24.0. The topological polar surface area (TPSA) is 110 Å². The quantitative estimate of drug-likeness (QED) is 0.366. The van der Waals surface area contributed by atoms with Gasteiger partial charge >= 0.3 is 0 Å². The second-order valence-corrected chi connectivity index (χ2v) is 10.3. The Hall–Kier alpha value is -3.27. The van der Waals surface area contributed by atoms with Crippen molar-refractivity contribution < 1.29 is 19.0 Å². The number of fused-ring (bicyclic) bond motifs is 1. The SMILES string of the molecule is C[C@H]1C[C@@H](c2ccncc2Cc2ncc3ccc(-c4c(F)cc(CCO)cc4F)nn23)C[C@@H](N)[C@]1(C)O. The molecule has 0 aliphatic heterocycles. The van der Waals surface area contributed by atoms with Gasteiger partial charge in [0.25, 0.3) is 0 Å². The van der Waals surface area contributed by atoms with E-state index in [4.69, 9.17) is 10.8 Å². The van der Waals surface area contributed by atoms with Crippen molar-refractivity contribution in [1.82, 2.24) is 19.6 Å². The molecule has 37 heavy (non-hydrogen) atoms. The lowest BCUT2D eigenvalue weighted by Gasteiger charge is -2.44. The van der Waals surface area contributed by atoms with Gasteiger partial charge in [0.1, 0.15) is 17.5 Å². The van der Waals surface area contributed by atoms with Gasteiger partial charge in [-0.3, -0.25) is 4.98 Å². The lowest BCUT2D eigenvalue weighted by atomic mass is 9.67. The van der Waals surface area contributed by atoms with Gasteiger partial charge in [-0.05, 0) is 85.0 Å². The van der Waals surface area contributed by atoms with Crippen LogP contribution in [-0.2, 0) is 12.8 Å². The molecule has 0 radical (unpaired) electrons. The van der Waals surface area contributed by atoms with Gasteiger partial charge in [-0.1, -0.05) is 6.92 Å². The van der Waals surface area contributed by atoms with E-state index in [2.05, 4.69) is 15.1 Å². The predicted molar refractivity (Wildman–Crippen MR) is 136 cm³/mol. The Labute approximate surface area is 214 Å². The summed E-state index contributed by atoms with van der Waals surface area (Å²) in [5.74, 6) is -0.648. The van der Waals surface area contributed by atoms with E-state index < -0.39 is 17.2 Å². The molecule has 0 unspecified atom stereocenters. The third-order valence-corrected chi connectivity index (χ3v) is 7.87. The summed E-state index contributed by atoms with van der Waals surface area (Å²) in [6.45, 7) is 3.63. The maximum atomic E-state index is 14.8. The first-order chi connectivity index (χ1) is 17.7. The lowest BCUT2D eigenvalue weighted by molar-refractivity contribution is -0.0464. The number of rotatable bonds is 6. The number of halogens is 2. The summed E-state index contributed by atoms with van der Waals surface area (Å²) in [4.78, 5) is 8.86. The van der Waals surface area contributed by atoms with Crippen LogP contribution in [0.25, 0.3) is 16.8 Å². The van der Waals surface area contributed by atoms with Crippen molar-refractivity contribution in [3.05, 3.63) is 83.1 Å². The Morgan fingerprint density at radius 3 is 2.59 bits per heavy atom. The number of hydrogen-bond donors (Lipinski definition) is 3. The van der Waals surface area contributed by atoms with E-state index in [1.807, 2.05) is 19.2 Å². The van der Waals surface area contributed by atoms with E-state index in [9.17, 15) is 13.9 Å². The summed E-state index contributed by atoms with van der Waals surface area (Å²) in [5, 5.41) is 24.4. The van der Waals surface area contributed by atoms with Crippen molar-refractivity contribution in [3.63, 3.8) is 0 Å². The van der Waals surface area contributed by atoms with Gasteiger partial charge in [0, 0.05) is 31.5 Å². The van der Waals surface area contributed by atoms with Crippen LogP contribution in [0.15, 0.2) is 48.9 Å². The summed E-state index contributed by atoms with van der Waals surface area (Å²) in [5.41, 5.74) is 8.53. The van der Waals surface area contributed by atoms with Crippen molar-refractivity contribution in [2.24, 2.45) is 11.7 Å². The predicted octanol–water partition coefficient (Wildman–Crippen LogP) is 3.79. The molecule has 0 saturated heterocycles. The fraction of sp³-hybridized carbons (Fsp3) is 0.393. The van der Waals surface area contributed by atoms with Gasteiger partial charge in [-0.25, -0.2) is 18.3 Å². The van der Waals surface area contributed by atoms with Crippen LogP contribution in [0.5, 0.6) is 0 Å². The number of aromatic nitrogens is 4. The van der Waals surface area contributed by atoms with Gasteiger partial charge in [0.2, 0.25) is 0 Å². The summed E-state index contributed by atoms with van der Waals surface area (Å²) in [6.07, 6.45) is 7.29. The molecule has 4 N–H and O–H groups in total. The summed E-state index contributed by atoms with van der Waals surface area (Å²) in [7, 11) is 0. The van der Waals surface area contributed by atoms with Crippen LogP contribution in [0.3, 0.4) is 0 Å². The Morgan fingerprint density at radius 1 is 1.14 bits per heavy atom. The highest BCUT2D eigenvalue weighted by atomic mass is 19.1. The van der Waals surface area contributed by atoms with Crippen LogP contribution in [-0.4, -0.2) is 48.0 Å². The zero-order valence-corrected chi connectivity index (χ0v) is 20.9. The fourth-order valence-corrected chi connectivity index (χ4v) is 5.41. The minimum Gasteiger partial charge on any atom is -0.396 e. The highest BCUT2D eigenvalue weighted by molar-refractivity contribution is 5.63. The van der Waals surface area contributed by atoms with Crippen LogP contribution in [0.1, 0.15) is 55.1 Å². The molecule has 4 atom stereocenters. The number of imidazole rings is 1. The zero-order chi connectivity index (χ0) is 26.3. The molecule has 1 aliphatic carbocycles. The van der Waals surface area contributed by atoms with Gasteiger partial charge in [0.05, 0.1) is 28.6 Å². The van der Waals surface area contributed by atoms with E-state index in [1.54, 1.807) is 36.0 Å². The Bertz CT molecular complexity index is 1400. The second-order valence-electron chi connectivity index (χ2n) is 10.3. The van der Waals surface area contributed by atoms with E-state index in [0.717, 1.165) is 17.5 Å². The minimum absolute atomic E-state index is 0.0345.